The number of hydrogen-bond acceptors (Lipinski definition) is 3. The highest BCUT2D eigenvalue weighted by molar-refractivity contribution is 5.80. The molecule has 0 radical (unpaired) electrons. The van der Waals surface area contributed by atoms with Crippen LogP contribution in [0.15, 0.2) is 0 Å². The number of nitrogens with zero attached hydrogens (tertiary/aromatic N) is 1. The third kappa shape index (κ3) is 6.78. The van der Waals surface area contributed by atoms with Gasteiger partial charge in [0.15, 0.2) is 0 Å². The maximum Gasteiger partial charge on any atom is 0.323 e. The molecule has 2 amide bonds. The predicted molar refractivity (Wildman–Crippen MR) is 66.0 cm³/mol. The maximum absolute atomic E-state index is 11.8. The maximum atomic E-state index is 11.8. The molecule has 0 aromatic carbocycles. The Morgan fingerprint density at radius 3 is 2.24 bits per heavy atom. The van der Waals surface area contributed by atoms with Gasteiger partial charge in [0.25, 0.3) is 0 Å². The predicted octanol–water partition coefficient (Wildman–Crippen LogP) is 0.491. The number of nitrogens with one attached hydrogen (secondary N) is 2. The van der Waals surface area contributed by atoms with Crippen molar-refractivity contribution in [1.29, 1.82) is 0 Å². The average Bonchev–Trinajstić information content (AvgIpc) is 2.19. The molecule has 100 valence electrons. The summed E-state index contributed by atoms with van der Waals surface area (Å²) in [5.41, 5.74) is -0.508. The first-order valence-electron chi connectivity index (χ1n) is 5.71. The highest BCUT2D eigenvalue weighted by atomic mass is 16.4. The Morgan fingerprint density at radius 1 is 1.24 bits per heavy atom. The van der Waals surface area contributed by atoms with Gasteiger partial charge in [-0.25, -0.2) is 4.79 Å². The van der Waals surface area contributed by atoms with Crippen molar-refractivity contribution in [3.63, 3.8) is 0 Å². The molecule has 0 saturated heterocycles. The van der Waals surface area contributed by atoms with Crippen LogP contribution in [0.4, 0.5) is 4.79 Å². The second-order valence-corrected chi connectivity index (χ2v) is 4.84. The highest BCUT2D eigenvalue weighted by Crippen LogP contribution is 2.12. The zero-order valence-electron chi connectivity index (χ0n) is 11.0. The van der Waals surface area contributed by atoms with Crippen molar-refractivity contribution < 1.29 is 14.7 Å². The summed E-state index contributed by atoms with van der Waals surface area (Å²) in [7, 11) is 1.84. The topological polar surface area (TPSA) is 81.7 Å². The number of urea groups is 1. The van der Waals surface area contributed by atoms with E-state index in [9.17, 15) is 9.59 Å². The fraction of sp³-hybridized carbons (Fsp3) is 0.818. The Balaban J connectivity index is 4.29. The lowest BCUT2D eigenvalue weighted by molar-refractivity contribution is -0.138. The van der Waals surface area contributed by atoms with Gasteiger partial charge in [0.1, 0.15) is 6.54 Å². The van der Waals surface area contributed by atoms with Crippen molar-refractivity contribution in [2.75, 3.05) is 26.7 Å². The Labute approximate surface area is 102 Å². The summed E-state index contributed by atoms with van der Waals surface area (Å²) in [5, 5.41) is 14.5. The van der Waals surface area contributed by atoms with Gasteiger partial charge in [0.2, 0.25) is 0 Å². The lowest BCUT2D eigenvalue weighted by Crippen LogP contribution is -2.52. The molecule has 0 rings (SSSR count). The molecule has 0 aliphatic heterocycles. The SMILES string of the molecule is CNCCCNC(=O)N(CC(=O)O)C(C)(C)C. The van der Waals surface area contributed by atoms with Crippen molar-refractivity contribution in [2.24, 2.45) is 0 Å². The molecule has 17 heavy (non-hydrogen) atoms. The standard InChI is InChI=1S/C11H23N3O3/c1-11(2,3)14(8-9(15)16)10(17)13-7-5-6-12-4/h12H,5-8H2,1-4H3,(H,13,17)(H,15,16). The van der Waals surface area contributed by atoms with Gasteiger partial charge in [-0.2, -0.15) is 0 Å². The lowest BCUT2D eigenvalue weighted by atomic mass is 10.1. The van der Waals surface area contributed by atoms with E-state index in [4.69, 9.17) is 5.11 Å². The molecule has 0 aliphatic carbocycles. The van der Waals surface area contributed by atoms with Crippen LogP contribution in [0.5, 0.6) is 0 Å². The summed E-state index contributed by atoms with van der Waals surface area (Å²) >= 11 is 0. The second-order valence-electron chi connectivity index (χ2n) is 4.84. The smallest absolute Gasteiger partial charge is 0.323 e. The average molecular weight is 245 g/mol. The van der Waals surface area contributed by atoms with E-state index in [1.165, 1.54) is 4.90 Å². The second kappa shape index (κ2) is 7.11. The Morgan fingerprint density at radius 2 is 1.82 bits per heavy atom. The molecule has 0 aromatic rings. The monoisotopic (exact) mass is 245 g/mol. The molecule has 3 N–H and O–H groups in total. The minimum absolute atomic E-state index is 0.290. The van der Waals surface area contributed by atoms with Gasteiger partial charge in [0, 0.05) is 12.1 Å². The van der Waals surface area contributed by atoms with E-state index in [2.05, 4.69) is 10.6 Å². The third-order valence-corrected chi connectivity index (χ3v) is 2.23. The number of aliphatic carboxylic acids is 1. The van der Waals surface area contributed by atoms with Crippen LogP contribution in [-0.2, 0) is 4.79 Å². The number of hydrogen-bond donors (Lipinski definition) is 3. The number of carboxylic acids is 1. The number of carboxylic acid groups (broad SMARTS) is 1. The van der Waals surface area contributed by atoms with E-state index >= 15 is 0 Å². The minimum atomic E-state index is -1.01. The summed E-state index contributed by atoms with van der Waals surface area (Å²) in [4.78, 5) is 23.8. The fourth-order valence-corrected chi connectivity index (χ4v) is 1.30. The molecular formula is C11H23N3O3. The van der Waals surface area contributed by atoms with Crippen LogP contribution in [0, 0.1) is 0 Å². The van der Waals surface area contributed by atoms with Crippen LogP contribution in [-0.4, -0.2) is 54.2 Å². The molecule has 6 nitrogen and oxygen atoms in total. The molecule has 0 unspecified atom stereocenters. The fourth-order valence-electron chi connectivity index (χ4n) is 1.30. The third-order valence-electron chi connectivity index (χ3n) is 2.23. The van der Waals surface area contributed by atoms with E-state index in [-0.39, 0.29) is 12.6 Å². The molecule has 0 aliphatic rings. The largest absolute Gasteiger partial charge is 0.480 e. The van der Waals surface area contributed by atoms with Gasteiger partial charge in [-0.05, 0) is 40.8 Å². The highest BCUT2D eigenvalue weighted by Gasteiger charge is 2.27. The molecule has 0 saturated carbocycles. The molecule has 0 bridgehead atoms. The normalized spacial score (nSPS) is 11.1. The van der Waals surface area contributed by atoms with Crippen LogP contribution in [0.3, 0.4) is 0 Å². The van der Waals surface area contributed by atoms with E-state index in [1.54, 1.807) is 0 Å². The van der Waals surface area contributed by atoms with Crippen molar-refractivity contribution in [3.8, 4) is 0 Å². The van der Waals surface area contributed by atoms with Crippen LogP contribution in [0.2, 0.25) is 0 Å². The number of carbonyl (C=O) groups is 2. The summed E-state index contributed by atoms with van der Waals surface area (Å²) in [6, 6.07) is -0.337. The van der Waals surface area contributed by atoms with E-state index in [0.717, 1.165) is 13.0 Å². The number of rotatable bonds is 6. The summed E-state index contributed by atoms with van der Waals surface area (Å²) in [6.45, 7) is 6.48. The lowest BCUT2D eigenvalue weighted by Gasteiger charge is -2.34. The van der Waals surface area contributed by atoms with Crippen LogP contribution < -0.4 is 10.6 Å². The molecular weight excluding hydrogens is 222 g/mol. The van der Waals surface area contributed by atoms with Gasteiger partial charge in [-0.1, -0.05) is 0 Å². The van der Waals surface area contributed by atoms with Gasteiger partial charge < -0.3 is 20.6 Å². The van der Waals surface area contributed by atoms with Crippen molar-refractivity contribution in [1.82, 2.24) is 15.5 Å². The number of amides is 2. The first kappa shape index (κ1) is 15.7. The Kier molecular flexibility index (Phi) is 6.57. The van der Waals surface area contributed by atoms with Gasteiger partial charge in [0.05, 0.1) is 0 Å². The van der Waals surface area contributed by atoms with Crippen molar-refractivity contribution in [3.05, 3.63) is 0 Å². The quantitative estimate of drug-likeness (QED) is 0.595. The molecule has 0 aromatic heterocycles. The summed E-state index contributed by atoms with van der Waals surface area (Å²) in [5.74, 6) is -1.01. The van der Waals surface area contributed by atoms with E-state index < -0.39 is 11.5 Å². The van der Waals surface area contributed by atoms with Crippen LogP contribution in [0.1, 0.15) is 27.2 Å². The van der Waals surface area contributed by atoms with Gasteiger partial charge >= 0.3 is 12.0 Å². The molecule has 0 spiro atoms. The first-order valence-corrected chi connectivity index (χ1v) is 5.71. The van der Waals surface area contributed by atoms with Crippen molar-refractivity contribution in [2.45, 2.75) is 32.7 Å². The zero-order valence-corrected chi connectivity index (χ0v) is 11.0. The van der Waals surface area contributed by atoms with Gasteiger partial charge in [-0.15, -0.1) is 0 Å². The Hall–Kier alpha value is -1.30. The molecule has 0 atom stereocenters. The van der Waals surface area contributed by atoms with E-state index in [1.807, 2.05) is 27.8 Å². The molecule has 0 fully saturated rings. The molecule has 6 heteroatoms. The Bertz CT molecular complexity index is 261. The summed E-state index contributed by atoms with van der Waals surface area (Å²) < 4.78 is 0. The minimum Gasteiger partial charge on any atom is -0.480 e. The van der Waals surface area contributed by atoms with E-state index in [0.29, 0.717) is 6.54 Å². The van der Waals surface area contributed by atoms with Crippen LogP contribution in [0.25, 0.3) is 0 Å². The van der Waals surface area contributed by atoms with Gasteiger partial charge in [-0.3, -0.25) is 4.79 Å². The first-order chi connectivity index (χ1) is 7.79. The van der Waals surface area contributed by atoms with Crippen LogP contribution >= 0.6 is 0 Å². The van der Waals surface area contributed by atoms with Crippen molar-refractivity contribution >= 4 is 12.0 Å². The molecule has 0 heterocycles. The summed E-state index contributed by atoms with van der Waals surface area (Å²) in [6.07, 6.45) is 0.813. The zero-order chi connectivity index (χ0) is 13.5. The number of carbonyl (C=O) groups excluding carboxylic acids is 1.